The molecule has 1 aromatic heterocycles. The molecule has 2 aromatic rings. The average molecular weight is 345 g/mol. The summed E-state index contributed by atoms with van der Waals surface area (Å²) in [5.74, 6) is 0.285. The monoisotopic (exact) mass is 345 g/mol. The fourth-order valence-electron chi connectivity index (χ4n) is 3.24. The van der Waals surface area contributed by atoms with E-state index >= 15 is 0 Å². The molecule has 1 fully saturated rings. The molecule has 2 atom stereocenters. The van der Waals surface area contributed by atoms with E-state index in [2.05, 4.69) is 0 Å². The maximum Gasteiger partial charge on any atom is 0.416 e. The van der Waals surface area contributed by atoms with Crippen LogP contribution in [0.3, 0.4) is 0 Å². The molecule has 0 aliphatic carbocycles. The van der Waals surface area contributed by atoms with Crippen LogP contribution in [-0.4, -0.2) is 32.0 Å². The van der Waals surface area contributed by atoms with Crippen molar-refractivity contribution in [2.24, 2.45) is 5.73 Å². The molecule has 124 valence electrons. The van der Waals surface area contributed by atoms with Crippen molar-refractivity contribution in [1.82, 2.24) is 8.87 Å². The first kappa shape index (κ1) is 14.8. The number of nitrogens with zero attached hydrogens (tertiary/aromatic N) is 2. The third-order valence-electron chi connectivity index (χ3n) is 4.27. The zero-order valence-electron chi connectivity index (χ0n) is 12.6. The number of β-lactam (4-membered cyclic amide) rings is 1. The van der Waals surface area contributed by atoms with Gasteiger partial charge in [-0.15, -0.1) is 0 Å². The lowest BCUT2D eigenvalue weighted by molar-refractivity contribution is -0.138. The average Bonchev–Trinajstić information content (AvgIpc) is 2.54. The highest BCUT2D eigenvalue weighted by molar-refractivity contribution is 8.29. The molecule has 4 rings (SSSR count). The minimum Gasteiger partial charge on any atom is -0.378 e. The number of aromatic nitrogens is 1. The summed E-state index contributed by atoms with van der Waals surface area (Å²) < 4.78 is 7.10. The first-order valence-corrected chi connectivity index (χ1v) is 9.15. The molecule has 3 heterocycles. The summed E-state index contributed by atoms with van der Waals surface area (Å²) in [6.45, 7) is 0. The standard InChI is InChI=1S/C16H15N3O4S/c17-16(22)23-24(9-3-8-18-14(21)10-15(18)24)19-12-5-2-1-4-11(12)6-7-13(19)20/h1-8,15H,9-10H2,(H2,17,22). The highest BCUT2D eigenvalue weighted by Crippen LogP contribution is 2.61. The molecule has 24 heavy (non-hydrogen) atoms. The van der Waals surface area contributed by atoms with Gasteiger partial charge in [-0.3, -0.25) is 9.59 Å². The third-order valence-corrected chi connectivity index (χ3v) is 7.63. The van der Waals surface area contributed by atoms with E-state index in [4.69, 9.17) is 9.92 Å². The number of carbonyl (C=O) groups excluding carboxylic acids is 2. The predicted molar refractivity (Wildman–Crippen MR) is 91.1 cm³/mol. The fourth-order valence-corrected chi connectivity index (χ4v) is 6.56. The van der Waals surface area contributed by atoms with Crippen molar-refractivity contribution < 1.29 is 13.8 Å². The second kappa shape index (κ2) is 5.13. The van der Waals surface area contributed by atoms with Gasteiger partial charge in [-0.2, -0.15) is 0 Å². The molecular weight excluding hydrogens is 330 g/mol. The Morgan fingerprint density at radius 1 is 1.21 bits per heavy atom. The molecule has 1 aromatic carbocycles. The number of pyridine rings is 1. The van der Waals surface area contributed by atoms with Gasteiger partial charge in [0, 0.05) is 28.5 Å². The van der Waals surface area contributed by atoms with Crippen LogP contribution in [0.5, 0.6) is 0 Å². The van der Waals surface area contributed by atoms with Gasteiger partial charge in [-0.05, 0) is 17.5 Å². The topological polar surface area (TPSA) is 94.6 Å². The van der Waals surface area contributed by atoms with Crippen LogP contribution in [-0.2, 0) is 8.98 Å². The number of para-hydroxylation sites is 1. The Morgan fingerprint density at radius 3 is 2.75 bits per heavy atom. The van der Waals surface area contributed by atoms with E-state index in [1.165, 1.54) is 14.9 Å². The van der Waals surface area contributed by atoms with Gasteiger partial charge in [0.1, 0.15) is 5.37 Å². The highest BCUT2D eigenvalue weighted by Gasteiger charge is 2.52. The summed E-state index contributed by atoms with van der Waals surface area (Å²) in [5, 5.41) is 0.481. The molecule has 0 spiro atoms. The lowest BCUT2D eigenvalue weighted by atomic mass is 10.2. The maximum absolute atomic E-state index is 12.7. The van der Waals surface area contributed by atoms with Crippen LogP contribution < -0.4 is 11.3 Å². The van der Waals surface area contributed by atoms with Crippen molar-refractivity contribution in [1.29, 1.82) is 0 Å². The van der Waals surface area contributed by atoms with Gasteiger partial charge in [0.2, 0.25) is 5.91 Å². The molecule has 1 saturated heterocycles. The zero-order chi connectivity index (χ0) is 16.9. The smallest absolute Gasteiger partial charge is 0.378 e. The number of nitrogens with two attached hydrogens (primary N) is 1. The molecule has 0 bridgehead atoms. The van der Waals surface area contributed by atoms with Crippen molar-refractivity contribution in [3.05, 3.63) is 59.0 Å². The maximum atomic E-state index is 12.7. The van der Waals surface area contributed by atoms with Gasteiger partial charge < -0.3 is 14.8 Å². The molecule has 2 aliphatic heterocycles. The predicted octanol–water partition coefficient (Wildman–Crippen LogP) is 1.67. The lowest BCUT2D eigenvalue weighted by Gasteiger charge is -2.54. The molecule has 0 saturated carbocycles. The number of amides is 2. The van der Waals surface area contributed by atoms with Crippen molar-refractivity contribution in [3.63, 3.8) is 0 Å². The van der Waals surface area contributed by atoms with Crippen LogP contribution in [0.25, 0.3) is 10.9 Å². The quantitative estimate of drug-likeness (QED) is 0.838. The molecule has 0 radical (unpaired) electrons. The van der Waals surface area contributed by atoms with Crippen molar-refractivity contribution >= 4 is 33.4 Å². The summed E-state index contributed by atoms with van der Waals surface area (Å²) in [5.41, 5.74) is 5.71. The van der Waals surface area contributed by atoms with Crippen molar-refractivity contribution in [2.75, 3.05) is 5.75 Å². The SMILES string of the molecule is NC(=O)OS1(n2c(=O)ccc3ccccc32)CC=CN2C(=O)CC21. The molecule has 2 N–H and O–H groups in total. The number of hydrogen-bond acceptors (Lipinski definition) is 4. The van der Waals surface area contributed by atoms with E-state index in [0.29, 0.717) is 11.3 Å². The number of benzene rings is 1. The molecule has 2 amide bonds. The summed E-state index contributed by atoms with van der Waals surface area (Å²) in [4.78, 5) is 37.7. The van der Waals surface area contributed by atoms with E-state index in [1.807, 2.05) is 18.2 Å². The van der Waals surface area contributed by atoms with Crippen LogP contribution >= 0.6 is 10.5 Å². The Morgan fingerprint density at radius 2 is 2.00 bits per heavy atom. The van der Waals surface area contributed by atoms with E-state index in [-0.39, 0.29) is 23.3 Å². The Balaban J connectivity index is 2.01. The third kappa shape index (κ3) is 1.96. The Labute approximate surface area is 138 Å². The molecule has 2 aliphatic rings. The summed E-state index contributed by atoms with van der Waals surface area (Å²) in [7, 11) is -2.46. The van der Waals surface area contributed by atoms with Gasteiger partial charge in [-0.25, -0.2) is 8.77 Å². The van der Waals surface area contributed by atoms with Gasteiger partial charge in [0.15, 0.2) is 0 Å². The summed E-state index contributed by atoms with van der Waals surface area (Å²) in [6, 6.07) is 10.6. The van der Waals surface area contributed by atoms with Crippen LogP contribution in [0.1, 0.15) is 6.42 Å². The molecular formula is C16H15N3O4S. The zero-order valence-corrected chi connectivity index (χ0v) is 13.4. The minimum absolute atomic E-state index is 0.0609. The number of hydrogen-bond donors (Lipinski definition) is 1. The second-order valence-electron chi connectivity index (χ2n) is 5.63. The van der Waals surface area contributed by atoms with E-state index < -0.39 is 16.6 Å². The summed E-state index contributed by atoms with van der Waals surface area (Å²) in [6.07, 6.45) is 2.71. The van der Waals surface area contributed by atoms with Gasteiger partial charge in [-0.1, -0.05) is 24.3 Å². The first-order chi connectivity index (χ1) is 11.5. The number of rotatable bonds is 2. The van der Waals surface area contributed by atoms with Crippen LogP contribution in [0.2, 0.25) is 0 Å². The molecule has 2 unspecified atom stereocenters. The Bertz CT molecular complexity index is 954. The first-order valence-electron chi connectivity index (χ1n) is 7.41. The van der Waals surface area contributed by atoms with E-state index in [1.54, 1.807) is 24.4 Å². The largest absolute Gasteiger partial charge is 0.416 e. The molecule has 8 heteroatoms. The number of fused-ring (bicyclic) bond motifs is 2. The Kier molecular flexibility index (Phi) is 3.17. The van der Waals surface area contributed by atoms with Crippen LogP contribution in [0.15, 0.2) is 53.5 Å². The highest BCUT2D eigenvalue weighted by atomic mass is 32.3. The van der Waals surface area contributed by atoms with E-state index in [9.17, 15) is 14.4 Å². The van der Waals surface area contributed by atoms with Gasteiger partial charge in [0.05, 0.1) is 11.9 Å². The van der Waals surface area contributed by atoms with Crippen molar-refractivity contribution in [3.8, 4) is 0 Å². The second-order valence-corrected chi connectivity index (χ2v) is 8.42. The van der Waals surface area contributed by atoms with E-state index in [0.717, 1.165) is 5.39 Å². The van der Waals surface area contributed by atoms with Crippen molar-refractivity contribution in [2.45, 2.75) is 11.8 Å². The lowest BCUT2D eigenvalue weighted by Crippen LogP contribution is -2.57. The van der Waals surface area contributed by atoms with Crippen LogP contribution in [0.4, 0.5) is 4.79 Å². The normalized spacial score (nSPS) is 27.9. The number of primary amides is 1. The van der Waals surface area contributed by atoms with Gasteiger partial charge in [0.25, 0.3) is 5.56 Å². The minimum atomic E-state index is -2.46. The Hall–Kier alpha value is -2.74. The summed E-state index contributed by atoms with van der Waals surface area (Å²) >= 11 is 0. The number of carbonyl (C=O) groups is 2. The molecule has 7 nitrogen and oxygen atoms in total. The van der Waals surface area contributed by atoms with Gasteiger partial charge >= 0.3 is 6.09 Å². The van der Waals surface area contributed by atoms with Crippen LogP contribution in [0, 0.1) is 0 Å². The fraction of sp³-hybridized carbons (Fsp3) is 0.188.